The van der Waals surface area contributed by atoms with E-state index in [1.807, 2.05) is 30.3 Å². The topological polar surface area (TPSA) is 64.3 Å². The Morgan fingerprint density at radius 1 is 1.44 bits per heavy atom. The fraction of sp³-hybridized carbons (Fsp3) is 0.417. The molecule has 88 valence electrons. The van der Waals surface area contributed by atoms with E-state index in [4.69, 9.17) is 10.5 Å². The highest BCUT2D eigenvalue weighted by atomic mass is 16.5. The second-order valence-corrected chi connectivity index (χ2v) is 3.93. The number of amides is 1. The van der Waals surface area contributed by atoms with E-state index in [1.165, 1.54) is 0 Å². The summed E-state index contributed by atoms with van der Waals surface area (Å²) in [5.74, 6) is -0.381. The highest BCUT2D eigenvalue weighted by molar-refractivity contribution is 5.87. The van der Waals surface area contributed by atoms with E-state index < -0.39 is 5.54 Å². The van der Waals surface area contributed by atoms with Crippen LogP contribution in [-0.4, -0.2) is 25.2 Å². The second kappa shape index (κ2) is 5.51. The number of rotatable bonds is 6. The Balaban J connectivity index is 2.75. The van der Waals surface area contributed by atoms with Gasteiger partial charge in [-0.3, -0.25) is 4.79 Å². The predicted octanol–water partition coefficient (Wildman–Crippen LogP) is 1.38. The van der Waals surface area contributed by atoms with E-state index in [9.17, 15) is 4.79 Å². The Bertz CT molecular complexity index is 340. The van der Waals surface area contributed by atoms with Crippen LogP contribution < -0.4 is 11.1 Å². The van der Waals surface area contributed by atoms with Crippen LogP contribution >= 0.6 is 0 Å². The highest BCUT2D eigenvalue weighted by Gasteiger charge is 2.30. The highest BCUT2D eigenvalue weighted by Crippen LogP contribution is 2.18. The predicted molar refractivity (Wildman–Crippen MR) is 64.2 cm³/mol. The molecule has 1 atom stereocenters. The minimum absolute atomic E-state index is 0.381. The quantitative estimate of drug-likeness (QED) is 0.764. The fourth-order valence-corrected chi connectivity index (χ4v) is 1.39. The van der Waals surface area contributed by atoms with Gasteiger partial charge in [0.1, 0.15) is 5.54 Å². The molecule has 0 heterocycles. The molecule has 0 spiro atoms. The van der Waals surface area contributed by atoms with Gasteiger partial charge in [-0.1, -0.05) is 18.2 Å². The van der Waals surface area contributed by atoms with Gasteiger partial charge < -0.3 is 15.8 Å². The van der Waals surface area contributed by atoms with Crippen LogP contribution in [0.3, 0.4) is 0 Å². The zero-order valence-electron chi connectivity index (χ0n) is 9.69. The summed E-state index contributed by atoms with van der Waals surface area (Å²) in [5, 5.41) is 3.14. The number of hydrogen-bond donors (Lipinski definition) is 2. The molecule has 0 aliphatic carbocycles. The van der Waals surface area contributed by atoms with Gasteiger partial charge in [0.2, 0.25) is 5.91 Å². The third-order valence-corrected chi connectivity index (χ3v) is 2.54. The number of methoxy groups -OCH3 is 1. The minimum atomic E-state index is -0.780. The zero-order chi connectivity index (χ0) is 12.0. The lowest BCUT2D eigenvalue weighted by molar-refractivity contribution is -0.122. The first kappa shape index (κ1) is 12.5. The standard InChI is InChI=1S/C12H18N2O2/c1-12(11(13)15,8-9-16-2)14-10-6-4-3-5-7-10/h3-7,14H,8-9H2,1-2H3,(H2,13,15). The molecule has 0 radical (unpaired) electrons. The van der Waals surface area contributed by atoms with Crippen molar-refractivity contribution in [2.24, 2.45) is 5.73 Å². The largest absolute Gasteiger partial charge is 0.385 e. The molecule has 4 heteroatoms. The number of benzene rings is 1. The van der Waals surface area contributed by atoms with Gasteiger partial charge in [0.05, 0.1) is 0 Å². The summed E-state index contributed by atoms with van der Waals surface area (Å²) in [7, 11) is 1.60. The lowest BCUT2D eigenvalue weighted by Crippen LogP contribution is -2.48. The molecular formula is C12H18N2O2. The minimum Gasteiger partial charge on any atom is -0.385 e. The molecule has 0 saturated carbocycles. The van der Waals surface area contributed by atoms with Gasteiger partial charge in [0.25, 0.3) is 0 Å². The number of nitrogens with two attached hydrogens (primary N) is 1. The third-order valence-electron chi connectivity index (χ3n) is 2.54. The van der Waals surface area contributed by atoms with Crippen LogP contribution in [0.2, 0.25) is 0 Å². The molecule has 0 aliphatic rings. The lowest BCUT2D eigenvalue weighted by atomic mass is 9.97. The van der Waals surface area contributed by atoms with E-state index in [-0.39, 0.29) is 5.91 Å². The first-order chi connectivity index (χ1) is 7.58. The molecule has 0 bridgehead atoms. The van der Waals surface area contributed by atoms with Crippen LogP contribution in [0.15, 0.2) is 30.3 Å². The molecule has 0 fully saturated rings. The Hall–Kier alpha value is -1.55. The van der Waals surface area contributed by atoms with Crippen molar-refractivity contribution in [1.82, 2.24) is 0 Å². The summed E-state index contributed by atoms with van der Waals surface area (Å²) in [6.07, 6.45) is 0.535. The average Bonchev–Trinajstić information content (AvgIpc) is 2.27. The van der Waals surface area contributed by atoms with E-state index >= 15 is 0 Å². The molecule has 0 aromatic heterocycles. The molecule has 0 saturated heterocycles. The number of carbonyl (C=O) groups excluding carboxylic acids is 1. The zero-order valence-corrected chi connectivity index (χ0v) is 9.69. The smallest absolute Gasteiger partial charge is 0.242 e. The number of anilines is 1. The molecule has 1 rings (SSSR count). The van der Waals surface area contributed by atoms with E-state index in [0.717, 1.165) is 5.69 Å². The van der Waals surface area contributed by atoms with Crippen molar-refractivity contribution in [1.29, 1.82) is 0 Å². The van der Waals surface area contributed by atoms with Crippen LogP contribution in [0.4, 0.5) is 5.69 Å². The summed E-state index contributed by atoms with van der Waals surface area (Å²) in [4.78, 5) is 11.4. The molecule has 4 nitrogen and oxygen atoms in total. The van der Waals surface area contributed by atoms with Crippen LogP contribution in [0.25, 0.3) is 0 Å². The van der Waals surface area contributed by atoms with E-state index in [2.05, 4.69) is 5.32 Å². The molecule has 16 heavy (non-hydrogen) atoms. The first-order valence-electron chi connectivity index (χ1n) is 5.20. The molecular weight excluding hydrogens is 204 g/mol. The molecule has 1 unspecified atom stereocenters. The maximum absolute atomic E-state index is 11.4. The molecule has 1 aromatic rings. The number of para-hydroxylation sites is 1. The summed E-state index contributed by atoms with van der Waals surface area (Å²) in [6, 6.07) is 9.52. The van der Waals surface area contributed by atoms with Crippen LogP contribution in [-0.2, 0) is 9.53 Å². The van der Waals surface area contributed by atoms with Gasteiger partial charge in [-0.2, -0.15) is 0 Å². The Morgan fingerprint density at radius 3 is 2.56 bits per heavy atom. The van der Waals surface area contributed by atoms with Crippen molar-refractivity contribution in [3.05, 3.63) is 30.3 Å². The number of carbonyl (C=O) groups is 1. The SMILES string of the molecule is COCCC(C)(Nc1ccccc1)C(N)=O. The lowest BCUT2D eigenvalue weighted by Gasteiger charge is -2.28. The molecule has 3 N–H and O–H groups in total. The van der Waals surface area contributed by atoms with Gasteiger partial charge in [0.15, 0.2) is 0 Å². The first-order valence-corrected chi connectivity index (χ1v) is 5.20. The van der Waals surface area contributed by atoms with Gasteiger partial charge in [0, 0.05) is 25.8 Å². The van der Waals surface area contributed by atoms with Crippen LogP contribution in [0.5, 0.6) is 0 Å². The molecule has 0 aliphatic heterocycles. The number of primary amides is 1. The van der Waals surface area contributed by atoms with Gasteiger partial charge in [-0.05, 0) is 19.1 Å². The maximum atomic E-state index is 11.4. The monoisotopic (exact) mass is 222 g/mol. The Morgan fingerprint density at radius 2 is 2.06 bits per heavy atom. The van der Waals surface area contributed by atoms with Crippen molar-refractivity contribution in [3.63, 3.8) is 0 Å². The fourth-order valence-electron chi connectivity index (χ4n) is 1.39. The van der Waals surface area contributed by atoms with E-state index in [0.29, 0.717) is 13.0 Å². The number of ether oxygens (including phenoxy) is 1. The van der Waals surface area contributed by atoms with Gasteiger partial charge in [-0.15, -0.1) is 0 Å². The summed E-state index contributed by atoms with van der Waals surface area (Å²) in [6.45, 7) is 2.26. The van der Waals surface area contributed by atoms with Crippen LogP contribution in [0, 0.1) is 0 Å². The molecule has 1 amide bonds. The van der Waals surface area contributed by atoms with Crippen molar-refractivity contribution in [3.8, 4) is 0 Å². The van der Waals surface area contributed by atoms with Crippen LogP contribution in [0.1, 0.15) is 13.3 Å². The Labute approximate surface area is 95.8 Å². The third kappa shape index (κ3) is 3.24. The second-order valence-electron chi connectivity index (χ2n) is 3.93. The normalized spacial score (nSPS) is 14.1. The van der Waals surface area contributed by atoms with Crippen molar-refractivity contribution >= 4 is 11.6 Å². The summed E-state index contributed by atoms with van der Waals surface area (Å²) in [5.41, 5.74) is 5.50. The maximum Gasteiger partial charge on any atom is 0.242 e. The average molecular weight is 222 g/mol. The number of nitrogens with one attached hydrogen (secondary N) is 1. The van der Waals surface area contributed by atoms with Crippen molar-refractivity contribution < 1.29 is 9.53 Å². The summed E-state index contributed by atoms with van der Waals surface area (Å²) >= 11 is 0. The molecule has 1 aromatic carbocycles. The summed E-state index contributed by atoms with van der Waals surface area (Å²) < 4.78 is 4.98. The van der Waals surface area contributed by atoms with Crippen molar-refractivity contribution in [2.45, 2.75) is 18.9 Å². The van der Waals surface area contributed by atoms with E-state index in [1.54, 1.807) is 14.0 Å². The van der Waals surface area contributed by atoms with Crippen molar-refractivity contribution in [2.75, 3.05) is 19.0 Å². The van der Waals surface area contributed by atoms with Gasteiger partial charge in [-0.25, -0.2) is 0 Å². The van der Waals surface area contributed by atoms with Gasteiger partial charge >= 0.3 is 0 Å². The number of hydrogen-bond acceptors (Lipinski definition) is 3. The Kier molecular flexibility index (Phi) is 4.31.